The van der Waals surface area contributed by atoms with Gasteiger partial charge in [0.25, 0.3) is 0 Å². The van der Waals surface area contributed by atoms with E-state index in [-0.39, 0.29) is 22.9 Å². The summed E-state index contributed by atoms with van der Waals surface area (Å²) < 4.78 is 16.5. The Kier molecular flexibility index (Phi) is 7.08. The smallest absolute Gasteiger partial charge is 0.203 e. The highest BCUT2D eigenvalue weighted by Gasteiger charge is 2.59. The molecular weight excluding hydrogens is 466 g/mol. The van der Waals surface area contributed by atoms with Gasteiger partial charge < -0.3 is 24.5 Å². The van der Waals surface area contributed by atoms with Crippen molar-refractivity contribution >= 4 is 11.8 Å². The third-order valence-electron chi connectivity index (χ3n) is 10.7. The van der Waals surface area contributed by atoms with E-state index in [1.807, 2.05) is 24.3 Å². The van der Waals surface area contributed by atoms with Gasteiger partial charge in [0.2, 0.25) is 5.75 Å². The molecule has 0 unspecified atom stereocenters. The van der Waals surface area contributed by atoms with Crippen LogP contribution in [0.5, 0.6) is 17.2 Å². The Hall–Kier alpha value is -2.47. The highest BCUT2D eigenvalue weighted by molar-refractivity contribution is 6.00. The number of methoxy groups -OCH3 is 3. The number of aliphatic hydroxyl groups is 1. The summed E-state index contributed by atoms with van der Waals surface area (Å²) in [5.41, 5.74) is 3.53. The Balaban J connectivity index is 1.38. The maximum atomic E-state index is 10.3. The van der Waals surface area contributed by atoms with E-state index in [2.05, 4.69) is 25.1 Å². The predicted octanol–water partition coefficient (Wildman–Crippen LogP) is 6.50. The van der Waals surface area contributed by atoms with Crippen LogP contribution in [0, 0.1) is 34.5 Å². The minimum absolute atomic E-state index is 0.123. The highest BCUT2D eigenvalue weighted by atomic mass is 16.5. The predicted molar refractivity (Wildman–Crippen MR) is 146 cm³/mol. The number of allylic oxidation sites excluding steroid dienone is 2. The van der Waals surface area contributed by atoms with Crippen molar-refractivity contribution in [2.75, 3.05) is 21.3 Å². The first-order chi connectivity index (χ1) is 17.8. The first-order valence-corrected chi connectivity index (χ1v) is 13.9. The summed E-state index contributed by atoms with van der Waals surface area (Å²) in [7, 11) is 4.82. The largest absolute Gasteiger partial charge is 0.493 e. The van der Waals surface area contributed by atoms with Crippen molar-refractivity contribution in [3.63, 3.8) is 0 Å². The van der Waals surface area contributed by atoms with Gasteiger partial charge in [-0.25, -0.2) is 0 Å². The standard InChI is InChI=1S/C31H43NO5/c1-30-14-12-21(33)18-20(30)7-8-22-23-9-10-25(31(23,2)15-13-24(22)30)26(32-34)11-6-19-16-27(35-3)29(37-5)28(17-19)36-4/h6-7,11,16-17,21-25,33-34H,8-10,12-15,18H2,1-5H3/b11-6+,32-26+/t21-,22-,23-,24-,25+,30-,31-/m0/s1. The first-order valence-electron chi connectivity index (χ1n) is 13.9. The second-order valence-electron chi connectivity index (χ2n) is 12.1. The number of hydrogen-bond donors (Lipinski definition) is 2. The number of ether oxygens (including phenoxy) is 3. The maximum absolute atomic E-state index is 10.3. The summed E-state index contributed by atoms with van der Waals surface area (Å²) in [5.74, 6) is 3.99. The molecule has 1 aromatic rings. The van der Waals surface area contributed by atoms with Gasteiger partial charge in [-0.2, -0.15) is 0 Å². The fourth-order valence-electron chi connectivity index (χ4n) is 8.73. The molecule has 3 fully saturated rings. The molecule has 1 aromatic carbocycles. The third-order valence-corrected chi connectivity index (χ3v) is 10.7. The molecule has 7 atom stereocenters. The minimum Gasteiger partial charge on any atom is -0.493 e. The van der Waals surface area contributed by atoms with Crippen molar-refractivity contribution in [3.05, 3.63) is 35.4 Å². The van der Waals surface area contributed by atoms with E-state index < -0.39 is 0 Å². The minimum atomic E-state index is -0.165. The van der Waals surface area contributed by atoms with E-state index in [4.69, 9.17) is 14.2 Å². The Morgan fingerprint density at radius 3 is 2.35 bits per heavy atom. The van der Waals surface area contributed by atoms with E-state index in [0.717, 1.165) is 49.8 Å². The van der Waals surface area contributed by atoms with Gasteiger partial charge >= 0.3 is 0 Å². The van der Waals surface area contributed by atoms with Crippen molar-refractivity contribution in [2.24, 2.45) is 39.7 Å². The molecule has 0 heterocycles. The molecule has 0 spiro atoms. The van der Waals surface area contributed by atoms with Crippen molar-refractivity contribution in [1.29, 1.82) is 0 Å². The normalized spacial score (nSPS) is 37.4. The van der Waals surface area contributed by atoms with Gasteiger partial charge in [-0.3, -0.25) is 0 Å². The fraction of sp³-hybridized carbons (Fsp3) is 0.645. The Bertz CT molecular complexity index is 1080. The van der Waals surface area contributed by atoms with E-state index in [9.17, 15) is 10.3 Å². The average Bonchev–Trinajstić information content (AvgIpc) is 3.26. The summed E-state index contributed by atoms with van der Waals surface area (Å²) in [6.45, 7) is 4.91. The van der Waals surface area contributed by atoms with Crippen LogP contribution >= 0.6 is 0 Å². The lowest BCUT2D eigenvalue weighted by Gasteiger charge is -2.58. The van der Waals surface area contributed by atoms with Crippen molar-refractivity contribution in [1.82, 2.24) is 0 Å². The summed E-state index contributed by atoms with van der Waals surface area (Å²) in [5, 5.41) is 24.3. The van der Waals surface area contributed by atoms with Crippen LogP contribution in [0.2, 0.25) is 0 Å². The quantitative estimate of drug-likeness (QED) is 0.198. The topological polar surface area (TPSA) is 80.5 Å². The highest BCUT2D eigenvalue weighted by Crippen LogP contribution is 2.66. The SMILES string of the molecule is COc1cc(/C=C/C(=N\O)[C@H]2CC[C@H]3[C@@H]4CC=C5C[C@@H](O)CC[C@]5(C)[C@H]4CC[C@]23C)cc(OC)c1OC. The molecule has 6 heteroatoms. The molecule has 0 aromatic heterocycles. The summed E-state index contributed by atoms with van der Waals surface area (Å²) in [4.78, 5) is 0. The number of aliphatic hydroxyl groups excluding tert-OH is 1. The number of rotatable bonds is 6. The summed E-state index contributed by atoms with van der Waals surface area (Å²) in [6, 6.07) is 3.82. The molecule has 0 aliphatic heterocycles. The Morgan fingerprint density at radius 1 is 0.973 bits per heavy atom. The molecule has 3 saturated carbocycles. The van der Waals surface area contributed by atoms with Crippen LogP contribution in [0.4, 0.5) is 0 Å². The van der Waals surface area contributed by atoms with E-state index >= 15 is 0 Å². The van der Waals surface area contributed by atoms with E-state index in [0.29, 0.717) is 35.0 Å². The molecule has 202 valence electrons. The fourth-order valence-corrected chi connectivity index (χ4v) is 8.73. The Morgan fingerprint density at radius 2 is 1.70 bits per heavy atom. The van der Waals surface area contributed by atoms with Crippen LogP contribution in [0.25, 0.3) is 6.08 Å². The second kappa shape index (κ2) is 10.0. The molecular formula is C31H43NO5. The van der Waals surface area contributed by atoms with Crippen LogP contribution < -0.4 is 14.2 Å². The molecule has 5 rings (SSSR count). The van der Waals surface area contributed by atoms with E-state index in [1.165, 1.54) is 18.4 Å². The lowest BCUT2D eigenvalue weighted by atomic mass is 9.47. The maximum Gasteiger partial charge on any atom is 0.203 e. The van der Waals surface area contributed by atoms with Crippen molar-refractivity contribution in [3.8, 4) is 17.2 Å². The summed E-state index contributed by atoms with van der Waals surface area (Å²) >= 11 is 0. The second-order valence-corrected chi connectivity index (χ2v) is 12.1. The molecule has 0 bridgehead atoms. The number of fused-ring (bicyclic) bond motifs is 5. The van der Waals surface area contributed by atoms with Gasteiger partial charge in [0.05, 0.1) is 33.1 Å². The van der Waals surface area contributed by atoms with Gasteiger partial charge in [0.15, 0.2) is 11.5 Å². The van der Waals surface area contributed by atoms with Crippen LogP contribution in [0.3, 0.4) is 0 Å². The molecule has 0 amide bonds. The lowest BCUT2D eigenvalue weighted by Crippen LogP contribution is -2.51. The van der Waals surface area contributed by atoms with Gasteiger partial charge in [-0.15, -0.1) is 0 Å². The zero-order chi connectivity index (χ0) is 26.4. The molecule has 0 saturated heterocycles. The molecule has 6 nitrogen and oxygen atoms in total. The number of oxime groups is 1. The lowest BCUT2D eigenvalue weighted by molar-refractivity contribution is -0.0424. The molecule has 0 radical (unpaired) electrons. The number of nitrogens with zero attached hydrogens (tertiary/aromatic N) is 1. The molecule has 4 aliphatic rings. The van der Waals surface area contributed by atoms with Crippen LogP contribution in [-0.4, -0.2) is 43.5 Å². The van der Waals surface area contributed by atoms with Crippen LogP contribution in [-0.2, 0) is 0 Å². The van der Waals surface area contributed by atoms with Gasteiger partial charge in [0, 0.05) is 5.92 Å². The summed E-state index contributed by atoms with van der Waals surface area (Å²) in [6.07, 6.45) is 14.9. The molecule has 37 heavy (non-hydrogen) atoms. The molecule has 4 aliphatic carbocycles. The van der Waals surface area contributed by atoms with Crippen LogP contribution in [0.15, 0.2) is 35.0 Å². The zero-order valence-electron chi connectivity index (χ0n) is 23.0. The zero-order valence-corrected chi connectivity index (χ0v) is 23.0. The monoisotopic (exact) mass is 509 g/mol. The number of hydrogen-bond acceptors (Lipinski definition) is 6. The van der Waals surface area contributed by atoms with Crippen LogP contribution in [0.1, 0.15) is 70.8 Å². The van der Waals surface area contributed by atoms with Gasteiger partial charge in [-0.1, -0.05) is 36.7 Å². The van der Waals surface area contributed by atoms with E-state index in [1.54, 1.807) is 21.3 Å². The van der Waals surface area contributed by atoms with Crippen molar-refractivity contribution < 1.29 is 24.5 Å². The van der Waals surface area contributed by atoms with Gasteiger partial charge in [0.1, 0.15) is 0 Å². The van der Waals surface area contributed by atoms with Gasteiger partial charge in [-0.05, 0) is 104 Å². The van der Waals surface area contributed by atoms with Crippen molar-refractivity contribution in [2.45, 2.75) is 71.3 Å². The average molecular weight is 510 g/mol. The molecule has 2 N–H and O–H groups in total. The third kappa shape index (κ3) is 4.25. The number of benzene rings is 1. The Labute approximate surface area is 221 Å². The first kappa shape index (κ1) is 26.1.